The highest BCUT2D eigenvalue weighted by molar-refractivity contribution is 7.99. The quantitative estimate of drug-likeness (QED) is 0.526. The van der Waals surface area contributed by atoms with Gasteiger partial charge in [0.05, 0.1) is 29.9 Å². The Hall–Kier alpha value is -2.39. The molecule has 1 fully saturated rings. The Balaban J connectivity index is 1.45. The van der Waals surface area contributed by atoms with Gasteiger partial charge in [-0.3, -0.25) is 9.59 Å². The van der Waals surface area contributed by atoms with Crippen LogP contribution in [0.1, 0.15) is 13.3 Å². The van der Waals surface area contributed by atoms with Crippen LogP contribution in [0.5, 0.6) is 5.88 Å². The van der Waals surface area contributed by atoms with E-state index in [0.717, 1.165) is 10.9 Å². The highest BCUT2D eigenvalue weighted by atomic mass is 32.2. The Morgan fingerprint density at radius 3 is 3.07 bits per heavy atom. The average molecular weight is 404 g/mol. The van der Waals surface area contributed by atoms with E-state index >= 15 is 0 Å². The summed E-state index contributed by atoms with van der Waals surface area (Å²) in [5, 5.41) is 3.55. The third-order valence-corrected chi connectivity index (χ3v) is 5.13. The van der Waals surface area contributed by atoms with Gasteiger partial charge in [-0.1, -0.05) is 12.1 Å². The first kappa shape index (κ1) is 20.3. The van der Waals surface area contributed by atoms with Crippen LogP contribution in [0.25, 0.3) is 10.9 Å². The zero-order chi connectivity index (χ0) is 19.8. The fourth-order valence-corrected chi connectivity index (χ4v) is 3.62. The van der Waals surface area contributed by atoms with E-state index < -0.39 is 0 Å². The summed E-state index contributed by atoms with van der Waals surface area (Å²) in [4.78, 5) is 33.5. The molecular weight excluding hydrogens is 380 g/mol. The molecule has 0 bridgehead atoms. The van der Waals surface area contributed by atoms with Crippen LogP contribution in [0.3, 0.4) is 0 Å². The summed E-state index contributed by atoms with van der Waals surface area (Å²) in [7, 11) is 0. The van der Waals surface area contributed by atoms with Gasteiger partial charge in [-0.2, -0.15) is 0 Å². The minimum atomic E-state index is -0.196. The average Bonchev–Trinajstić information content (AvgIpc) is 2.72. The molecule has 1 unspecified atom stereocenters. The Kier molecular flexibility index (Phi) is 7.44. The lowest BCUT2D eigenvalue weighted by molar-refractivity contribution is -0.139. The smallest absolute Gasteiger partial charge is 0.224 e. The Bertz CT molecular complexity index is 814. The van der Waals surface area contributed by atoms with E-state index in [0.29, 0.717) is 50.2 Å². The number of rotatable bonds is 8. The highest BCUT2D eigenvalue weighted by Crippen LogP contribution is 2.21. The lowest BCUT2D eigenvalue weighted by Crippen LogP contribution is -2.47. The summed E-state index contributed by atoms with van der Waals surface area (Å²) in [5.41, 5.74) is 0.825. The van der Waals surface area contributed by atoms with Crippen molar-refractivity contribution in [2.45, 2.75) is 19.4 Å². The van der Waals surface area contributed by atoms with E-state index in [2.05, 4.69) is 15.3 Å². The van der Waals surface area contributed by atoms with Crippen molar-refractivity contribution in [3.63, 3.8) is 0 Å². The van der Waals surface area contributed by atoms with Crippen molar-refractivity contribution in [1.29, 1.82) is 0 Å². The van der Waals surface area contributed by atoms with E-state index in [9.17, 15) is 9.59 Å². The normalized spacial score (nSPS) is 16.8. The molecule has 1 aliphatic heterocycles. The molecule has 1 N–H and O–H groups in total. The van der Waals surface area contributed by atoms with Crippen molar-refractivity contribution >= 4 is 34.5 Å². The maximum atomic E-state index is 12.4. The molecule has 2 heterocycles. The number of fused-ring (bicyclic) bond motifs is 1. The Labute approximate surface area is 168 Å². The number of thioether (sulfide) groups is 1. The first-order valence-electron chi connectivity index (χ1n) is 9.17. The molecule has 3 rings (SSSR count). The largest absolute Gasteiger partial charge is 0.474 e. The van der Waals surface area contributed by atoms with Gasteiger partial charge in [0.1, 0.15) is 19.0 Å². The van der Waals surface area contributed by atoms with Gasteiger partial charge in [-0.15, -0.1) is 11.8 Å². The topological polar surface area (TPSA) is 93.7 Å². The second kappa shape index (κ2) is 10.2. The number of carbonyl (C=O) groups is 2. The van der Waals surface area contributed by atoms with E-state index in [1.54, 1.807) is 0 Å². The summed E-state index contributed by atoms with van der Waals surface area (Å²) < 4.78 is 11.6. The van der Waals surface area contributed by atoms with Gasteiger partial charge >= 0.3 is 0 Å². The monoisotopic (exact) mass is 404 g/mol. The number of carbonyl (C=O) groups excluding carboxylic acids is 2. The number of ether oxygens (including phenoxy) is 2. The summed E-state index contributed by atoms with van der Waals surface area (Å²) in [6.45, 7) is 3.37. The third kappa shape index (κ3) is 5.80. The molecule has 0 radical (unpaired) electrons. The molecule has 2 aromatic rings. The van der Waals surface area contributed by atoms with Crippen molar-refractivity contribution in [1.82, 2.24) is 20.2 Å². The molecule has 1 aromatic heterocycles. The van der Waals surface area contributed by atoms with E-state index in [-0.39, 0.29) is 17.9 Å². The van der Waals surface area contributed by atoms with Crippen LogP contribution >= 0.6 is 11.8 Å². The van der Waals surface area contributed by atoms with Crippen LogP contribution in [0.15, 0.2) is 30.6 Å². The standard InChI is InChI=1S/C19H24N4O4S/c1-14(24)22-13-28-9-6-18(25)23-7-8-26-15(10-23)11-27-19-16-4-2-3-5-17(16)20-12-21-19/h2-5,12,15H,6-11,13H2,1H3,(H,22,24). The molecule has 150 valence electrons. The second-order valence-electron chi connectivity index (χ2n) is 6.38. The third-order valence-electron chi connectivity index (χ3n) is 4.29. The molecule has 1 atom stereocenters. The number of aromatic nitrogens is 2. The number of nitrogens with one attached hydrogen (secondary N) is 1. The van der Waals surface area contributed by atoms with E-state index in [1.807, 2.05) is 29.2 Å². The number of amides is 2. The number of para-hydroxylation sites is 1. The van der Waals surface area contributed by atoms with E-state index in [4.69, 9.17) is 9.47 Å². The molecule has 2 amide bonds. The van der Waals surface area contributed by atoms with Crippen molar-refractivity contribution < 1.29 is 19.1 Å². The highest BCUT2D eigenvalue weighted by Gasteiger charge is 2.24. The number of hydrogen-bond donors (Lipinski definition) is 1. The zero-order valence-corrected chi connectivity index (χ0v) is 16.6. The molecular formula is C19H24N4O4S. The van der Waals surface area contributed by atoms with Gasteiger partial charge in [-0.05, 0) is 12.1 Å². The summed E-state index contributed by atoms with van der Waals surface area (Å²) in [6, 6.07) is 7.66. The van der Waals surface area contributed by atoms with Gasteiger partial charge in [0.2, 0.25) is 17.7 Å². The van der Waals surface area contributed by atoms with Gasteiger partial charge in [0.25, 0.3) is 0 Å². The zero-order valence-electron chi connectivity index (χ0n) is 15.8. The molecule has 1 aliphatic rings. The SMILES string of the molecule is CC(=O)NCSCCC(=O)N1CCOC(COc2ncnc3ccccc23)C1. The van der Waals surface area contributed by atoms with Crippen LogP contribution in [-0.4, -0.2) is 70.7 Å². The summed E-state index contributed by atoms with van der Waals surface area (Å²) in [5.74, 6) is 1.74. The number of hydrogen-bond acceptors (Lipinski definition) is 7. The Morgan fingerprint density at radius 2 is 2.21 bits per heavy atom. The Morgan fingerprint density at radius 1 is 1.36 bits per heavy atom. The molecule has 0 saturated carbocycles. The maximum Gasteiger partial charge on any atom is 0.224 e. The van der Waals surface area contributed by atoms with Crippen LogP contribution in [0.2, 0.25) is 0 Å². The van der Waals surface area contributed by atoms with Gasteiger partial charge in [0, 0.05) is 25.6 Å². The second-order valence-corrected chi connectivity index (χ2v) is 7.48. The molecule has 9 heteroatoms. The predicted molar refractivity (Wildman–Crippen MR) is 107 cm³/mol. The fourth-order valence-electron chi connectivity index (χ4n) is 2.86. The predicted octanol–water partition coefficient (Wildman–Crippen LogP) is 1.45. The van der Waals surface area contributed by atoms with Gasteiger partial charge in [0.15, 0.2) is 0 Å². The first-order valence-corrected chi connectivity index (χ1v) is 10.3. The number of benzene rings is 1. The molecule has 8 nitrogen and oxygen atoms in total. The summed E-state index contributed by atoms with van der Waals surface area (Å²) in [6.07, 6.45) is 1.72. The van der Waals surface area contributed by atoms with Gasteiger partial charge in [-0.25, -0.2) is 9.97 Å². The van der Waals surface area contributed by atoms with E-state index in [1.165, 1.54) is 25.0 Å². The minimum Gasteiger partial charge on any atom is -0.474 e. The lowest BCUT2D eigenvalue weighted by Gasteiger charge is -2.32. The molecule has 1 aromatic carbocycles. The number of morpholine rings is 1. The molecule has 0 spiro atoms. The van der Waals surface area contributed by atoms with Crippen molar-refractivity contribution in [3.8, 4) is 5.88 Å². The first-order chi connectivity index (χ1) is 13.6. The van der Waals surface area contributed by atoms with Crippen LogP contribution in [0, 0.1) is 0 Å². The molecule has 0 aliphatic carbocycles. The van der Waals surface area contributed by atoms with Crippen molar-refractivity contribution in [2.24, 2.45) is 0 Å². The number of nitrogens with zero attached hydrogens (tertiary/aromatic N) is 3. The lowest BCUT2D eigenvalue weighted by atomic mass is 10.2. The maximum absolute atomic E-state index is 12.4. The molecule has 1 saturated heterocycles. The van der Waals surface area contributed by atoms with Gasteiger partial charge < -0.3 is 19.7 Å². The van der Waals surface area contributed by atoms with Crippen LogP contribution in [-0.2, 0) is 14.3 Å². The van der Waals surface area contributed by atoms with Crippen LogP contribution in [0.4, 0.5) is 0 Å². The van der Waals surface area contributed by atoms with Crippen LogP contribution < -0.4 is 10.1 Å². The minimum absolute atomic E-state index is 0.0636. The molecule has 28 heavy (non-hydrogen) atoms. The fraction of sp³-hybridized carbons (Fsp3) is 0.474. The van der Waals surface area contributed by atoms with Crippen molar-refractivity contribution in [3.05, 3.63) is 30.6 Å². The summed E-state index contributed by atoms with van der Waals surface area (Å²) >= 11 is 1.53. The van der Waals surface area contributed by atoms with Crippen molar-refractivity contribution in [2.75, 3.05) is 37.9 Å².